The van der Waals surface area contributed by atoms with E-state index in [1.165, 1.54) is 23.9 Å². The third-order valence-corrected chi connectivity index (χ3v) is 5.68. The quantitative estimate of drug-likeness (QED) is 0.515. The van der Waals surface area contributed by atoms with Gasteiger partial charge in [0, 0.05) is 19.2 Å². The largest absolute Gasteiger partial charge is 0.481 e. The highest BCUT2D eigenvalue weighted by Gasteiger charge is 2.41. The Bertz CT molecular complexity index is 1130. The Kier molecular flexibility index (Phi) is 7.71. The number of hydrogen-bond donors (Lipinski definition) is 1. The monoisotopic (exact) mass is 477 g/mol. The molecule has 0 saturated carbocycles. The van der Waals surface area contributed by atoms with Gasteiger partial charge >= 0.3 is 12.2 Å². The number of hydrogen-bond acceptors (Lipinski definition) is 4. The van der Waals surface area contributed by atoms with E-state index in [1.54, 1.807) is 31.7 Å². The number of urea groups is 1. The van der Waals surface area contributed by atoms with Crippen molar-refractivity contribution in [2.24, 2.45) is 0 Å². The van der Waals surface area contributed by atoms with Crippen LogP contribution in [0, 0.1) is 0 Å². The Morgan fingerprint density at radius 3 is 2.53 bits per heavy atom. The van der Waals surface area contributed by atoms with Crippen molar-refractivity contribution in [2.45, 2.75) is 32.1 Å². The molecule has 0 aliphatic carbocycles. The lowest BCUT2D eigenvalue weighted by atomic mass is 9.99. The van der Waals surface area contributed by atoms with E-state index in [-0.39, 0.29) is 13.1 Å². The van der Waals surface area contributed by atoms with Gasteiger partial charge < -0.3 is 19.9 Å². The van der Waals surface area contributed by atoms with Crippen molar-refractivity contribution in [2.75, 3.05) is 34.3 Å². The van der Waals surface area contributed by atoms with Crippen LogP contribution in [0.5, 0.6) is 5.88 Å². The molecule has 2 aromatic heterocycles. The zero-order valence-corrected chi connectivity index (χ0v) is 19.9. The van der Waals surface area contributed by atoms with Gasteiger partial charge in [-0.3, -0.25) is 0 Å². The van der Waals surface area contributed by atoms with Crippen LogP contribution in [-0.4, -0.2) is 72.0 Å². The lowest BCUT2D eigenvalue weighted by Crippen LogP contribution is -2.54. The number of nitrogens with zero attached hydrogens (tertiary/aromatic N) is 4. The third kappa shape index (κ3) is 5.61. The van der Waals surface area contributed by atoms with Crippen molar-refractivity contribution in [1.82, 2.24) is 24.7 Å². The van der Waals surface area contributed by atoms with Gasteiger partial charge in [-0.1, -0.05) is 18.2 Å². The van der Waals surface area contributed by atoms with Crippen LogP contribution in [0.4, 0.5) is 18.0 Å². The molecule has 0 aliphatic heterocycles. The van der Waals surface area contributed by atoms with Gasteiger partial charge in [-0.25, -0.2) is 9.31 Å². The van der Waals surface area contributed by atoms with Crippen LogP contribution in [0.25, 0.3) is 16.6 Å². The maximum atomic E-state index is 13.4. The fraction of sp³-hybridized carbons (Fsp3) is 0.417. The molecule has 1 unspecified atom stereocenters. The predicted molar refractivity (Wildman–Crippen MR) is 125 cm³/mol. The smallest absolute Gasteiger partial charge is 0.409 e. The number of fused-ring (bicyclic) bond motifs is 1. The third-order valence-electron chi connectivity index (χ3n) is 5.68. The molecule has 3 rings (SSSR count). The molecular formula is C24H30F3N5O2. The number of aromatic nitrogens is 2. The molecule has 0 fully saturated rings. The summed E-state index contributed by atoms with van der Waals surface area (Å²) >= 11 is 0. The first-order valence-corrected chi connectivity index (χ1v) is 11.0. The molecule has 34 heavy (non-hydrogen) atoms. The normalized spacial score (nSPS) is 13.7. The number of carbonyl (C=O) groups excluding carboxylic acids is 1. The van der Waals surface area contributed by atoms with Crippen molar-refractivity contribution >= 4 is 11.5 Å². The molecule has 0 aliphatic rings. The van der Waals surface area contributed by atoms with E-state index in [1.807, 2.05) is 42.5 Å². The topological polar surface area (TPSA) is 62.1 Å². The summed E-state index contributed by atoms with van der Waals surface area (Å²) in [5.41, 5.74) is 3.46. The molecule has 0 saturated heterocycles. The van der Waals surface area contributed by atoms with Crippen molar-refractivity contribution in [3.63, 3.8) is 0 Å². The fourth-order valence-electron chi connectivity index (χ4n) is 3.89. The Labute approximate surface area is 197 Å². The van der Waals surface area contributed by atoms with Crippen LogP contribution in [0.1, 0.15) is 25.5 Å². The van der Waals surface area contributed by atoms with Gasteiger partial charge in [-0.05, 0) is 62.8 Å². The predicted octanol–water partition coefficient (Wildman–Crippen LogP) is 4.59. The van der Waals surface area contributed by atoms with Crippen LogP contribution in [0.15, 0.2) is 48.7 Å². The molecule has 0 spiro atoms. The van der Waals surface area contributed by atoms with Crippen molar-refractivity contribution < 1.29 is 22.7 Å². The number of amides is 2. The molecule has 1 N–H and O–H groups in total. The Morgan fingerprint density at radius 2 is 1.91 bits per heavy atom. The maximum absolute atomic E-state index is 13.4. The number of halogens is 3. The SMILES string of the molecule is CCN(C(=O)NC(CN(C)C)C(F)(F)F)[C@H](C)c1cccc(-c2cc(OC)n3nccc3c2)c1. The van der Waals surface area contributed by atoms with Gasteiger partial charge in [0.25, 0.3) is 0 Å². The number of alkyl halides is 3. The molecular weight excluding hydrogens is 447 g/mol. The van der Waals surface area contributed by atoms with Gasteiger partial charge in [0.15, 0.2) is 0 Å². The average Bonchev–Trinajstić information content (AvgIpc) is 3.26. The van der Waals surface area contributed by atoms with Gasteiger partial charge in [-0.15, -0.1) is 0 Å². The van der Waals surface area contributed by atoms with E-state index in [9.17, 15) is 18.0 Å². The second kappa shape index (κ2) is 10.3. The number of nitrogens with one attached hydrogen (secondary N) is 1. The molecule has 2 atom stereocenters. The lowest BCUT2D eigenvalue weighted by molar-refractivity contribution is -0.156. The highest BCUT2D eigenvalue weighted by atomic mass is 19.4. The second-order valence-corrected chi connectivity index (χ2v) is 8.35. The van der Waals surface area contributed by atoms with E-state index < -0.39 is 24.3 Å². The first-order chi connectivity index (χ1) is 16.0. The van der Waals surface area contributed by atoms with Crippen molar-refractivity contribution in [1.29, 1.82) is 0 Å². The van der Waals surface area contributed by atoms with Crippen molar-refractivity contribution in [3.8, 4) is 17.0 Å². The molecule has 0 bridgehead atoms. The highest BCUT2D eigenvalue weighted by molar-refractivity contribution is 5.76. The molecule has 184 valence electrons. The van der Waals surface area contributed by atoms with E-state index in [4.69, 9.17) is 4.74 Å². The van der Waals surface area contributed by atoms with Crippen LogP contribution >= 0.6 is 0 Å². The summed E-state index contributed by atoms with van der Waals surface area (Å²) in [6, 6.07) is 10.1. The zero-order valence-electron chi connectivity index (χ0n) is 19.9. The second-order valence-electron chi connectivity index (χ2n) is 8.35. The van der Waals surface area contributed by atoms with Crippen LogP contribution in [0.3, 0.4) is 0 Å². The van der Waals surface area contributed by atoms with Crippen LogP contribution in [0.2, 0.25) is 0 Å². The minimum atomic E-state index is -4.55. The Balaban J connectivity index is 1.87. The van der Waals surface area contributed by atoms with E-state index >= 15 is 0 Å². The summed E-state index contributed by atoms with van der Waals surface area (Å²) in [7, 11) is 4.64. The van der Waals surface area contributed by atoms with Crippen LogP contribution in [-0.2, 0) is 0 Å². The molecule has 2 amide bonds. The molecule has 0 radical (unpaired) electrons. The summed E-state index contributed by atoms with van der Waals surface area (Å²) in [4.78, 5) is 15.6. The van der Waals surface area contributed by atoms with Gasteiger partial charge in [0.05, 0.1) is 24.9 Å². The Morgan fingerprint density at radius 1 is 1.18 bits per heavy atom. The number of likely N-dealkylation sites (N-methyl/N-ethyl adjacent to an activating group) is 1. The highest BCUT2D eigenvalue weighted by Crippen LogP contribution is 2.30. The number of carbonyl (C=O) groups is 1. The Hall–Kier alpha value is -3.27. The number of ether oxygens (including phenoxy) is 1. The molecule has 3 aromatic rings. The summed E-state index contributed by atoms with van der Waals surface area (Å²) in [5, 5.41) is 6.40. The van der Waals surface area contributed by atoms with Crippen LogP contribution < -0.4 is 10.1 Å². The minimum absolute atomic E-state index is 0.249. The van der Waals surface area contributed by atoms with Gasteiger partial charge in [0.1, 0.15) is 6.04 Å². The first-order valence-electron chi connectivity index (χ1n) is 11.0. The fourth-order valence-corrected chi connectivity index (χ4v) is 3.89. The zero-order chi connectivity index (χ0) is 25.0. The number of benzene rings is 1. The minimum Gasteiger partial charge on any atom is -0.481 e. The standard InChI is InChI=1S/C24H30F3N5O2/c1-6-31(23(33)29-21(15-30(3)4)24(25,26)27)16(2)17-8-7-9-18(12-17)19-13-20-10-11-28-32(20)22(14-19)34-5/h7-14,16,21H,6,15H2,1-5H3,(H,29,33)/t16-,21?/m1/s1. The number of pyridine rings is 1. The molecule has 1 aromatic carbocycles. The molecule has 10 heteroatoms. The van der Waals surface area contributed by atoms with Gasteiger partial charge in [0.2, 0.25) is 5.88 Å². The number of methoxy groups -OCH3 is 1. The number of rotatable bonds is 8. The summed E-state index contributed by atoms with van der Waals surface area (Å²) in [6.45, 7) is 3.46. The van der Waals surface area contributed by atoms with E-state index in [0.29, 0.717) is 5.88 Å². The van der Waals surface area contributed by atoms with E-state index in [2.05, 4.69) is 10.4 Å². The van der Waals surface area contributed by atoms with Crippen molar-refractivity contribution in [3.05, 3.63) is 54.2 Å². The van der Waals surface area contributed by atoms with Gasteiger partial charge in [-0.2, -0.15) is 18.3 Å². The molecule has 7 nitrogen and oxygen atoms in total. The average molecular weight is 478 g/mol. The first kappa shape index (κ1) is 25.4. The van der Waals surface area contributed by atoms with E-state index in [0.717, 1.165) is 22.2 Å². The summed E-state index contributed by atoms with van der Waals surface area (Å²) in [6.07, 6.45) is -2.86. The summed E-state index contributed by atoms with van der Waals surface area (Å²) < 4.78 is 47.5. The lowest BCUT2D eigenvalue weighted by Gasteiger charge is -2.32. The summed E-state index contributed by atoms with van der Waals surface area (Å²) in [5.74, 6) is 0.574. The maximum Gasteiger partial charge on any atom is 0.409 e. The molecule has 2 heterocycles.